The Hall–Kier alpha value is -1.07. The maximum absolute atomic E-state index is 10.8. The van der Waals surface area contributed by atoms with Gasteiger partial charge in [-0.15, -0.1) is 0 Å². The van der Waals surface area contributed by atoms with Crippen molar-refractivity contribution < 1.29 is 9.53 Å². The van der Waals surface area contributed by atoms with Crippen LogP contribution in [-0.4, -0.2) is 13.0 Å². The normalized spacial score (nSPS) is 14.0. The Labute approximate surface area is 116 Å². The first-order chi connectivity index (χ1) is 8.43. The molecule has 0 spiro atoms. The van der Waals surface area contributed by atoms with Gasteiger partial charge in [0.05, 0.1) is 11.6 Å². The quantitative estimate of drug-likeness (QED) is 0.846. The highest BCUT2D eigenvalue weighted by atomic mass is 79.9. The average molecular weight is 315 g/mol. The van der Waals surface area contributed by atoms with Gasteiger partial charge < -0.3 is 16.2 Å². The Morgan fingerprint density at radius 2 is 2.17 bits per heavy atom. The Bertz CT molecular complexity index is 423. The van der Waals surface area contributed by atoms with Crippen LogP contribution in [-0.2, 0) is 4.79 Å². The van der Waals surface area contributed by atoms with E-state index >= 15 is 0 Å². The summed E-state index contributed by atoms with van der Waals surface area (Å²) in [4.78, 5) is 10.8. The van der Waals surface area contributed by atoms with Crippen molar-refractivity contribution in [2.75, 3.05) is 7.11 Å². The van der Waals surface area contributed by atoms with E-state index in [1.165, 1.54) is 0 Å². The molecule has 4 nitrogen and oxygen atoms in total. The number of amides is 1. The Kier molecular flexibility index (Phi) is 5.62. The molecule has 1 amide bonds. The SMILES string of the molecule is COc1ccc(C(N)CC(C)CC(N)=O)cc1Br. The highest BCUT2D eigenvalue weighted by molar-refractivity contribution is 9.10. The van der Waals surface area contributed by atoms with Gasteiger partial charge in [0.15, 0.2) is 0 Å². The lowest BCUT2D eigenvalue weighted by molar-refractivity contribution is -0.118. The minimum absolute atomic E-state index is 0.110. The van der Waals surface area contributed by atoms with Crippen molar-refractivity contribution in [3.63, 3.8) is 0 Å². The molecule has 0 aliphatic carbocycles. The van der Waals surface area contributed by atoms with Crippen LogP contribution in [0.2, 0.25) is 0 Å². The van der Waals surface area contributed by atoms with Crippen LogP contribution in [0.3, 0.4) is 0 Å². The summed E-state index contributed by atoms with van der Waals surface area (Å²) in [7, 11) is 1.62. The van der Waals surface area contributed by atoms with Crippen LogP contribution >= 0.6 is 15.9 Å². The molecule has 18 heavy (non-hydrogen) atoms. The van der Waals surface area contributed by atoms with Gasteiger partial charge in [0.25, 0.3) is 0 Å². The maximum atomic E-state index is 10.8. The summed E-state index contributed by atoms with van der Waals surface area (Å²) in [6.07, 6.45) is 1.09. The van der Waals surface area contributed by atoms with Crippen LogP contribution < -0.4 is 16.2 Å². The second-order valence-corrected chi connectivity index (χ2v) is 5.37. The lowest BCUT2D eigenvalue weighted by Gasteiger charge is -2.17. The molecule has 2 unspecified atom stereocenters. The smallest absolute Gasteiger partial charge is 0.217 e. The summed E-state index contributed by atoms with van der Waals surface area (Å²) < 4.78 is 6.04. The van der Waals surface area contributed by atoms with Crippen molar-refractivity contribution in [2.24, 2.45) is 17.4 Å². The van der Waals surface area contributed by atoms with Gasteiger partial charge in [0, 0.05) is 12.5 Å². The molecule has 0 bridgehead atoms. The molecule has 0 fully saturated rings. The minimum atomic E-state index is -0.286. The topological polar surface area (TPSA) is 78.3 Å². The van der Waals surface area contributed by atoms with Crippen LogP contribution in [0.1, 0.15) is 31.4 Å². The summed E-state index contributed by atoms with van der Waals surface area (Å²) in [5.74, 6) is 0.667. The molecule has 1 rings (SSSR count). The zero-order chi connectivity index (χ0) is 13.7. The lowest BCUT2D eigenvalue weighted by Crippen LogP contribution is -2.19. The third kappa shape index (κ3) is 4.31. The van der Waals surface area contributed by atoms with Crippen molar-refractivity contribution in [3.05, 3.63) is 28.2 Å². The lowest BCUT2D eigenvalue weighted by atomic mass is 9.94. The van der Waals surface area contributed by atoms with Gasteiger partial charge >= 0.3 is 0 Å². The van der Waals surface area contributed by atoms with Crippen LogP contribution in [0.4, 0.5) is 0 Å². The summed E-state index contributed by atoms with van der Waals surface area (Å²) >= 11 is 3.43. The number of hydrogen-bond donors (Lipinski definition) is 2. The number of halogens is 1. The Morgan fingerprint density at radius 1 is 1.50 bits per heavy atom. The van der Waals surface area contributed by atoms with E-state index in [2.05, 4.69) is 15.9 Å². The summed E-state index contributed by atoms with van der Waals surface area (Å²) in [5, 5.41) is 0. The van der Waals surface area contributed by atoms with E-state index in [-0.39, 0.29) is 17.9 Å². The van der Waals surface area contributed by atoms with E-state index in [9.17, 15) is 4.79 Å². The van der Waals surface area contributed by atoms with Crippen molar-refractivity contribution in [1.82, 2.24) is 0 Å². The number of rotatable bonds is 6. The number of methoxy groups -OCH3 is 1. The minimum Gasteiger partial charge on any atom is -0.496 e. The van der Waals surface area contributed by atoms with Crippen molar-refractivity contribution in [3.8, 4) is 5.75 Å². The molecule has 0 aromatic heterocycles. The van der Waals surface area contributed by atoms with Crippen LogP contribution in [0.5, 0.6) is 5.75 Å². The largest absolute Gasteiger partial charge is 0.496 e. The molecule has 5 heteroatoms. The zero-order valence-corrected chi connectivity index (χ0v) is 12.2. The molecule has 100 valence electrons. The van der Waals surface area contributed by atoms with Crippen molar-refractivity contribution in [1.29, 1.82) is 0 Å². The van der Waals surface area contributed by atoms with Crippen molar-refractivity contribution in [2.45, 2.75) is 25.8 Å². The number of primary amides is 1. The number of hydrogen-bond acceptors (Lipinski definition) is 3. The molecule has 0 heterocycles. The molecule has 1 aromatic carbocycles. The van der Waals surface area contributed by atoms with Gasteiger partial charge in [-0.2, -0.15) is 0 Å². The van der Waals surface area contributed by atoms with Crippen LogP contribution in [0.25, 0.3) is 0 Å². The molecule has 1 aromatic rings. The van der Waals surface area contributed by atoms with Crippen LogP contribution in [0, 0.1) is 5.92 Å². The van der Waals surface area contributed by atoms with Gasteiger partial charge in [-0.05, 0) is 46.0 Å². The average Bonchev–Trinajstić information content (AvgIpc) is 2.27. The summed E-state index contributed by atoms with van der Waals surface area (Å²) in [5.41, 5.74) is 12.3. The van der Waals surface area contributed by atoms with E-state index in [0.717, 1.165) is 22.2 Å². The highest BCUT2D eigenvalue weighted by Gasteiger charge is 2.14. The molecular weight excluding hydrogens is 296 g/mol. The first-order valence-electron chi connectivity index (χ1n) is 5.81. The van der Waals surface area contributed by atoms with E-state index in [4.69, 9.17) is 16.2 Å². The first kappa shape index (κ1) is 15.0. The Balaban J connectivity index is 2.69. The van der Waals surface area contributed by atoms with E-state index in [0.29, 0.717) is 6.42 Å². The molecule has 4 N–H and O–H groups in total. The fourth-order valence-corrected chi connectivity index (χ4v) is 2.47. The predicted molar refractivity (Wildman–Crippen MR) is 75.2 cm³/mol. The highest BCUT2D eigenvalue weighted by Crippen LogP contribution is 2.29. The second kappa shape index (κ2) is 6.75. The van der Waals surface area contributed by atoms with Crippen molar-refractivity contribution >= 4 is 21.8 Å². The van der Waals surface area contributed by atoms with Crippen LogP contribution in [0.15, 0.2) is 22.7 Å². The molecule has 0 aliphatic heterocycles. The standard InChI is InChI=1S/C13H19BrN2O2/c1-8(6-13(16)17)5-11(15)9-3-4-12(18-2)10(14)7-9/h3-4,7-8,11H,5-6,15H2,1-2H3,(H2,16,17). The molecule has 0 radical (unpaired) electrons. The van der Waals surface area contributed by atoms with E-state index in [1.54, 1.807) is 7.11 Å². The summed E-state index contributed by atoms with van der Waals surface area (Å²) in [6, 6.07) is 5.64. The fraction of sp³-hybridized carbons (Fsp3) is 0.462. The van der Waals surface area contributed by atoms with Gasteiger partial charge in [0.2, 0.25) is 5.91 Å². The number of benzene rings is 1. The maximum Gasteiger partial charge on any atom is 0.217 e. The second-order valence-electron chi connectivity index (χ2n) is 4.51. The molecule has 0 saturated heterocycles. The molecule has 0 saturated carbocycles. The zero-order valence-electron chi connectivity index (χ0n) is 10.7. The van der Waals surface area contributed by atoms with Gasteiger partial charge in [-0.1, -0.05) is 13.0 Å². The third-order valence-corrected chi connectivity index (χ3v) is 3.43. The number of ether oxygens (including phenoxy) is 1. The number of carbonyl (C=O) groups excluding carboxylic acids is 1. The molecule has 2 atom stereocenters. The Morgan fingerprint density at radius 3 is 2.67 bits per heavy atom. The van der Waals surface area contributed by atoms with E-state index < -0.39 is 0 Å². The molecular formula is C13H19BrN2O2. The number of carbonyl (C=O) groups is 1. The van der Waals surface area contributed by atoms with Gasteiger partial charge in [0.1, 0.15) is 5.75 Å². The fourth-order valence-electron chi connectivity index (χ4n) is 1.91. The third-order valence-electron chi connectivity index (χ3n) is 2.81. The van der Waals surface area contributed by atoms with E-state index in [1.807, 2.05) is 25.1 Å². The summed E-state index contributed by atoms with van der Waals surface area (Å²) in [6.45, 7) is 1.98. The predicted octanol–water partition coefficient (Wildman–Crippen LogP) is 2.36. The first-order valence-corrected chi connectivity index (χ1v) is 6.60. The van der Waals surface area contributed by atoms with Gasteiger partial charge in [-0.25, -0.2) is 0 Å². The van der Waals surface area contributed by atoms with Gasteiger partial charge in [-0.3, -0.25) is 4.79 Å². The monoisotopic (exact) mass is 314 g/mol. The number of nitrogens with two attached hydrogens (primary N) is 2. The molecule has 0 aliphatic rings.